The summed E-state index contributed by atoms with van der Waals surface area (Å²) in [6.45, 7) is 1.88. The van der Waals surface area contributed by atoms with E-state index in [1.807, 2.05) is 37.3 Å². The lowest BCUT2D eigenvalue weighted by Crippen LogP contribution is -2.31. The first-order valence-corrected chi connectivity index (χ1v) is 9.14. The third kappa shape index (κ3) is 4.40. The number of aliphatic hydroxyl groups excluding tert-OH is 1. The van der Waals surface area contributed by atoms with E-state index in [0.29, 0.717) is 0 Å². The van der Waals surface area contributed by atoms with Crippen molar-refractivity contribution < 1.29 is 14.6 Å². The van der Waals surface area contributed by atoms with Gasteiger partial charge in [-0.3, -0.25) is 10.7 Å². The van der Waals surface area contributed by atoms with Crippen molar-refractivity contribution in [1.82, 2.24) is 10.3 Å². The zero-order valence-electron chi connectivity index (χ0n) is 15.9. The van der Waals surface area contributed by atoms with Crippen LogP contribution < -0.4 is 16.4 Å². The minimum Gasteiger partial charge on any atom is -0.481 e. The van der Waals surface area contributed by atoms with E-state index in [1.165, 1.54) is 13.2 Å². The molecule has 148 valence electrons. The lowest BCUT2D eigenvalue weighted by atomic mass is 10.0. The maximum atomic E-state index is 12.4. The number of aromatic nitrogens is 1. The fourth-order valence-electron chi connectivity index (χ4n) is 3.02. The van der Waals surface area contributed by atoms with Gasteiger partial charge in [-0.15, -0.1) is 0 Å². The van der Waals surface area contributed by atoms with E-state index in [1.54, 1.807) is 0 Å². The highest BCUT2D eigenvalue weighted by Gasteiger charge is 2.35. The van der Waals surface area contributed by atoms with Gasteiger partial charge in [0.1, 0.15) is 5.82 Å². The normalized spacial score (nSPS) is 15.4. The van der Waals surface area contributed by atoms with Crippen LogP contribution in [0.15, 0.2) is 36.4 Å². The molecule has 1 saturated carbocycles. The highest BCUT2D eigenvalue weighted by Crippen LogP contribution is 2.42. The van der Waals surface area contributed by atoms with Crippen molar-refractivity contribution in [1.29, 1.82) is 5.41 Å². The SMILES string of the molecule is COC(=N)c1c(N)cc(NC(=O)N[C@H](C)c2ccccc2)nc1C(O)C1CC1. The number of benzene rings is 1. The number of methoxy groups -OCH3 is 1. The summed E-state index contributed by atoms with van der Waals surface area (Å²) < 4.78 is 4.98. The lowest BCUT2D eigenvalue weighted by Gasteiger charge is -2.19. The van der Waals surface area contributed by atoms with Crippen molar-refractivity contribution in [3.8, 4) is 0 Å². The predicted molar refractivity (Wildman–Crippen MR) is 107 cm³/mol. The Morgan fingerprint density at radius 3 is 2.64 bits per heavy atom. The summed E-state index contributed by atoms with van der Waals surface area (Å²) >= 11 is 0. The summed E-state index contributed by atoms with van der Waals surface area (Å²) in [6, 6.07) is 10.4. The Labute approximate surface area is 163 Å². The minimum absolute atomic E-state index is 0.0810. The monoisotopic (exact) mass is 383 g/mol. The molecule has 2 aromatic rings. The number of hydrogen-bond acceptors (Lipinski definition) is 6. The van der Waals surface area contributed by atoms with Crippen LogP contribution in [0.25, 0.3) is 0 Å². The number of nitrogens with zero attached hydrogens (tertiary/aromatic N) is 1. The summed E-state index contributed by atoms with van der Waals surface area (Å²) in [6.07, 6.45) is 0.908. The number of aliphatic hydroxyl groups is 1. The van der Waals surface area contributed by atoms with Crippen LogP contribution >= 0.6 is 0 Å². The van der Waals surface area contributed by atoms with Gasteiger partial charge in [0, 0.05) is 11.8 Å². The zero-order chi connectivity index (χ0) is 20.3. The largest absolute Gasteiger partial charge is 0.481 e. The molecule has 0 radical (unpaired) electrons. The lowest BCUT2D eigenvalue weighted by molar-refractivity contribution is 0.149. The first kappa shape index (κ1) is 19.6. The topological polar surface area (TPSA) is 133 Å². The molecule has 28 heavy (non-hydrogen) atoms. The van der Waals surface area contributed by atoms with Crippen molar-refractivity contribution in [2.45, 2.75) is 31.9 Å². The van der Waals surface area contributed by atoms with Gasteiger partial charge in [-0.2, -0.15) is 0 Å². The Kier molecular flexibility index (Phi) is 5.79. The number of pyridine rings is 1. The van der Waals surface area contributed by atoms with Crippen molar-refractivity contribution in [2.75, 3.05) is 18.2 Å². The maximum absolute atomic E-state index is 12.4. The first-order chi connectivity index (χ1) is 13.4. The average molecular weight is 383 g/mol. The molecule has 0 saturated heterocycles. The second kappa shape index (κ2) is 8.26. The van der Waals surface area contributed by atoms with Crippen molar-refractivity contribution >= 4 is 23.4 Å². The van der Waals surface area contributed by atoms with Gasteiger partial charge in [0.05, 0.1) is 30.5 Å². The Hall–Kier alpha value is -3.13. The molecule has 1 fully saturated rings. The Morgan fingerprint density at radius 2 is 2.04 bits per heavy atom. The smallest absolute Gasteiger partial charge is 0.320 e. The van der Waals surface area contributed by atoms with Crippen LogP contribution in [0, 0.1) is 11.3 Å². The van der Waals surface area contributed by atoms with Gasteiger partial charge < -0.3 is 20.9 Å². The molecule has 8 nitrogen and oxygen atoms in total. The van der Waals surface area contributed by atoms with Crippen LogP contribution in [0.3, 0.4) is 0 Å². The fourth-order valence-corrected chi connectivity index (χ4v) is 3.02. The van der Waals surface area contributed by atoms with Crippen molar-refractivity contribution in [3.63, 3.8) is 0 Å². The van der Waals surface area contributed by atoms with Crippen LogP contribution in [-0.4, -0.2) is 29.1 Å². The molecule has 1 aromatic carbocycles. The quantitative estimate of drug-likeness (QED) is 0.386. The summed E-state index contributed by atoms with van der Waals surface area (Å²) in [7, 11) is 1.36. The van der Waals surface area contributed by atoms with E-state index in [0.717, 1.165) is 18.4 Å². The number of carbonyl (C=O) groups excluding carboxylic acids is 1. The van der Waals surface area contributed by atoms with E-state index in [9.17, 15) is 9.90 Å². The number of rotatable bonds is 6. The van der Waals surface area contributed by atoms with Crippen molar-refractivity contribution in [2.24, 2.45) is 5.92 Å². The highest BCUT2D eigenvalue weighted by atomic mass is 16.5. The number of nitrogens with two attached hydrogens (primary N) is 1. The van der Waals surface area contributed by atoms with Gasteiger partial charge in [-0.1, -0.05) is 30.3 Å². The highest BCUT2D eigenvalue weighted by molar-refractivity contribution is 5.99. The summed E-state index contributed by atoms with van der Waals surface area (Å²) in [5.41, 5.74) is 7.77. The number of hydrogen-bond donors (Lipinski definition) is 5. The number of anilines is 2. The molecule has 3 rings (SSSR count). The molecule has 2 amide bonds. The molecule has 1 aromatic heterocycles. The fraction of sp³-hybridized carbons (Fsp3) is 0.350. The summed E-state index contributed by atoms with van der Waals surface area (Å²) in [4.78, 5) is 16.7. The third-order valence-electron chi connectivity index (χ3n) is 4.75. The van der Waals surface area contributed by atoms with E-state index in [4.69, 9.17) is 15.9 Å². The molecule has 6 N–H and O–H groups in total. The molecule has 1 aliphatic rings. The van der Waals surface area contributed by atoms with Crippen LogP contribution in [-0.2, 0) is 4.74 Å². The van der Waals surface area contributed by atoms with E-state index < -0.39 is 12.1 Å². The molecule has 8 heteroatoms. The van der Waals surface area contributed by atoms with Gasteiger partial charge in [0.25, 0.3) is 0 Å². The van der Waals surface area contributed by atoms with Gasteiger partial charge in [-0.25, -0.2) is 9.78 Å². The third-order valence-corrected chi connectivity index (χ3v) is 4.75. The molecular formula is C20H25N5O3. The number of carbonyl (C=O) groups is 1. The number of nitrogen functional groups attached to an aromatic ring is 1. The molecule has 0 bridgehead atoms. The predicted octanol–water partition coefficient (Wildman–Crippen LogP) is 2.96. The zero-order valence-corrected chi connectivity index (χ0v) is 15.9. The Morgan fingerprint density at radius 1 is 1.36 bits per heavy atom. The van der Waals surface area contributed by atoms with E-state index in [-0.39, 0.29) is 40.6 Å². The number of nitrogens with one attached hydrogen (secondary N) is 3. The maximum Gasteiger partial charge on any atom is 0.320 e. The number of urea groups is 1. The van der Waals surface area contributed by atoms with Gasteiger partial charge in [-0.05, 0) is 31.2 Å². The first-order valence-electron chi connectivity index (χ1n) is 9.14. The molecule has 1 aliphatic carbocycles. The van der Waals surface area contributed by atoms with Crippen LogP contribution in [0.1, 0.15) is 48.7 Å². The standard InChI is InChI=1S/C20H25N5O3/c1-11(12-6-4-3-5-7-12)23-20(27)25-15-10-14(21)16(19(22)28-2)17(24-15)18(26)13-8-9-13/h3-7,10-11,13,18,22,26H,8-9H2,1-2H3,(H4,21,23,24,25,27)/t11-,18?/m1/s1. The van der Waals surface area contributed by atoms with Crippen molar-refractivity contribution in [3.05, 3.63) is 53.2 Å². The molecule has 1 heterocycles. The molecular weight excluding hydrogens is 358 g/mol. The number of ether oxygens (including phenoxy) is 1. The second-order valence-corrected chi connectivity index (χ2v) is 6.90. The Bertz CT molecular complexity index is 868. The number of amides is 2. The van der Waals surface area contributed by atoms with Crippen LogP contribution in [0.5, 0.6) is 0 Å². The van der Waals surface area contributed by atoms with Gasteiger partial charge in [0.15, 0.2) is 0 Å². The molecule has 1 unspecified atom stereocenters. The van der Waals surface area contributed by atoms with Gasteiger partial charge in [0.2, 0.25) is 5.90 Å². The van der Waals surface area contributed by atoms with E-state index >= 15 is 0 Å². The van der Waals surface area contributed by atoms with Crippen LogP contribution in [0.4, 0.5) is 16.3 Å². The van der Waals surface area contributed by atoms with E-state index in [2.05, 4.69) is 15.6 Å². The second-order valence-electron chi connectivity index (χ2n) is 6.90. The minimum atomic E-state index is -0.860. The van der Waals surface area contributed by atoms with Gasteiger partial charge >= 0.3 is 6.03 Å². The summed E-state index contributed by atoms with van der Waals surface area (Å²) in [5.74, 6) is 0.114. The average Bonchev–Trinajstić information content (AvgIpc) is 3.52. The Balaban J connectivity index is 1.80. The molecule has 2 atom stereocenters. The summed E-state index contributed by atoms with van der Waals surface area (Å²) in [5, 5.41) is 24.0. The van der Waals surface area contributed by atoms with Crippen LogP contribution in [0.2, 0.25) is 0 Å². The molecule has 0 aliphatic heterocycles. The molecule has 0 spiro atoms.